The minimum Gasteiger partial charge on any atom is -0.311 e. The zero-order chi connectivity index (χ0) is 6.97. The van der Waals surface area contributed by atoms with Crippen molar-refractivity contribution in [1.82, 2.24) is 10.2 Å². The number of nitrogens with zero attached hydrogens (tertiary/aromatic N) is 1. The molecule has 2 aliphatic heterocycles. The van der Waals surface area contributed by atoms with Crippen LogP contribution < -0.4 is 5.32 Å². The van der Waals surface area contributed by atoms with Crippen LogP contribution in [0.15, 0.2) is 0 Å². The van der Waals surface area contributed by atoms with Gasteiger partial charge in [0.25, 0.3) is 0 Å². The summed E-state index contributed by atoms with van der Waals surface area (Å²) >= 11 is 0. The second-order valence-electron chi connectivity index (χ2n) is 3.60. The van der Waals surface area contributed by atoms with Gasteiger partial charge in [0, 0.05) is 25.2 Å². The van der Waals surface area contributed by atoms with Crippen molar-refractivity contribution in [2.45, 2.75) is 31.8 Å². The van der Waals surface area contributed by atoms with E-state index in [1.807, 2.05) is 0 Å². The summed E-state index contributed by atoms with van der Waals surface area (Å²) in [4.78, 5) is 2.63. The van der Waals surface area contributed by atoms with Crippen molar-refractivity contribution >= 4 is 0 Å². The van der Waals surface area contributed by atoms with Crippen molar-refractivity contribution in [3.63, 3.8) is 0 Å². The molecule has 0 unspecified atom stereocenters. The topological polar surface area (TPSA) is 15.3 Å². The van der Waals surface area contributed by atoms with Crippen LogP contribution >= 0.6 is 0 Å². The van der Waals surface area contributed by atoms with Crippen LogP contribution in [0.2, 0.25) is 0 Å². The van der Waals surface area contributed by atoms with Crippen molar-refractivity contribution < 1.29 is 0 Å². The zero-order valence-electron chi connectivity index (χ0n) is 6.64. The van der Waals surface area contributed by atoms with E-state index in [2.05, 4.69) is 17.1 Å². The lowest BCUT2D eigenvalue weighted by Crippen LogP contribution is -2.52. The number of rotatable bonds is 0. The molecule has 0 aromatic carbocycles. The van der Waals surface area contributed by atoms with Gasteiger partial charge in [0.2, 0.25) is 0 Å². The monoisotopic (exact) mass is 140 g/mol. The molecule has 0 bridgehead atoms. The van der Waals surface area contributed by atoms with E-state index < -0.39 is 0 Å². The number of fused-ring (bicyclic) bond motifs is 1. The average molecular weight is 140 g/mol. The van der Waals surface area contributed by atoms with Crippen molar-refractivity contribution in [3.8, 4) is 0 Å². The highest BCUT2D eigenvalue weighted by Crippen LogP contribution is 2.19. The van der Waals surface area contributed by atoms with Gasteiger partial charge >= 0.3 is 0 Å². The quantitative estimate of drug-likeness (QED) is 0.525. The molecule has 58 valence electrons. The summed E-state index contributed by atoms with van der Waals surface area (Å²) in [5, 5.41) is 3.51. The van der Waals surface area contributed by atoms with Gasteiger partial charge in [0.05, 0.1) is 0 Å². The molecule has 0 spiro atoms. The molecule has 2 aliphatic rings. The summed E-state index contributed by atoms with van der Waals surface area (Å²) in [6.45, 7) is 6.11. The molecule has 2 saturated heterocycles. The molecule has 1 N–H and O–H groups in total. The van der Waals surface area contributed by atoms with E-state index in [1.54, 1.807) is 0 Å². The van der Waals surface area contributed by atoms with Crippen molar-refractivity contribution in [2.24, 2.45) is 0 Å². The third kappa shape index (κ3) is 1.06. The van der Waals surface area contributed by atoms with Crippen LogP contribution in [-0.2, 0) is 0 Å². The third-order valence-corrected chi connectivity index (χ3v) is 2.71. The lowest BCUT2D eigenvalue weighted by Gasteiger charge is -2.34. The Bertz CT molecular complexity index is 124. The highest BCUT2D eigenvalue weighted by atomic mass is 15.2. The van der Waals surface area contributed by atoms with Crippen LogP contribution in [0.3, 0.4) is 0 Å². The SMILES string of the molecule is C[C@H]1CN2CCC[C@H]2CN1. The van der Waals surface area contributed by atoms with Crippen molar-refractivity contribution in [3.05, 3.63) is 0 Å². The van der Waals surface area contributed by atoms with E-state index in [0.29, 0.717) is 6.04 Å². The summed E-state index contributed by atoms with van der Waals surface area (Å²) in [5.41, 5.74) is 0. The molecular formula is C8H16N2. The highest BCUT2D eigenvalue weighted by Gasteiger charge is 2.28. The van der Waals surface area contributed by atoms with Crippen LogP contribution in [0.1, 0.15) is 19.8 Å². The first-order valence-electron chi connectivity index (χ1n) is 4.33. The second kappa shape index (κ2) is 2.51. The molecule has 2 atom stereocenters. The smallest absolute Gasteiger partial charge is 0.0221 e. The van der Waals surface area contributed by atoms with Gasteiger partial charge in [-0.2, -0.15) is 0 Å². The van der Waals surface area contributed by atoms with Gasteiger partial charge in [-0.1, -0.05) is 0 Å². The number of hydrogen-bond acceptors (Lipinski definition) is 2. The molecule has 0 aromatic heterocycles. The van der Waals surface area contributed by atoms with E-state index in [0.717, 1.165) is 6.04 Å². The van der Waals surface area contributed by atoms with Crippen LogP contribution in [-0.4, -0.2) is 36.6 Å². The van der Waals surface area contributed by atoms with E-state index in [4.69, 9.17) is 0 Å². The zero-order valence-corrected chi connectivity index (χ0v) is 6.64. The molecule has 2 heterocycles. The van der Waals surface area contributed by atoms with E-state index >= 15 is 0 Å². The lowest BCUT2D eigenvalue weighted by molar-refractivity contribution is 0.180. The molecule has 2 heteroatoms. The first kappa shape index (κ1) is 6.62. The Morgan fingerprint density at radius 2 is 2.40 bits per heavy atom. The standard InChI is InChI=1S/C8H16N2/c1-7-6-10-4-2-3-8(10)5-9-7/h7-9H,2-6H2,1H3/t7-,8-/m0/s1. The van der Waals surface area contributed by atoms with Gasteiger partial charge < -0.3 is 5.32 Å². The predicted octanol–water partition coefficient (Wildman–Crippen LogP) is 0.442. The molecule has 2 nitrogen and oxygen atoms in total. The summed E-state index contributed by atoms with van der Waals surface area (Å²) in [5.74, 6) is 0. The first-order valence-corrected chi connectivity index (χ1v) is 4.33. The fourth-order valence-electron chi connectivity index (χ4n) is 2.12. The summed E-state index contributed by atoms with van der Waals surface area (Å²) in [6, 6.07) is 1.59. The predicted molar refractivity (Wildman–Crippen MR) is 42.1 cm³/mol. The molecule has 0 aliphatic carbocycles. The van der Waals surface area contributed by atoms with Crippen molar-refractivity contribution in [2.75, 3.05) is 19.6 Å². The highest BCUT2D eigenvalue weighted by molar-refractivity contribution is 4.88. The number of nitrogens with one attached hydrogen (secondary N) is 1. The molecule has 0 saturated carbocycles. The third-order valence-electron chi connectivity index (χ3n) is 2.71. The Balaban J connectivity index is 1.96. The van der Waals surface area contributed by atoms with Gasteiger partial charge in [-0.3, -0.25) is 4.90 Å². The molecule has 10 heavy (non-hydrogen) atoms. The van der Waals surface area contributed by atoms with Crippen LogP contribution in [0.4, 0.5) is 0 Å². The minimum atomic E-state index is 0.717. The summed E-state index contributed by atoms with van der Waals surface area (Å²) < 4.78 is 0. The van der Waals surface area contributed by atoms with Gasteiger partial charge in [0.1, 0.15) is 0 Å². The van der Waals surface area contributed by atoms with Crippen LogP contribution in [0, 0.1) is 0 Å². The van der Waals surface area contributed by atoms with Gasteiger partial charge in [-0.05, 0) is 26.3 Å². The first-order chi connectivity index (χ1) is 4.86. The van der Waals surface area contributed by atoms with E-state index in [1.165, 1.54) is 32.5 Å². The summed E-state index contributed by atoms with van der Waals surface area (Å²) in [6.07, 6.45) is 2.83. The van der Waals surface area contributed by atoms with Gasteiger partial charge in [-0.25, -0.2) is 0 Å². The van der Waals surface area contributed by atoms with E-state index in [-0.39, 0.29) is 0 Å². The molecule has 2 fully saturated rings. The van der Waals surface area contributed by atoms with Gasteiger partial charge in [-0.15, -0.1) is 0 Å². The fraction of sp³-hybridized carbons (Fsp3) is 1.00. The Hall–Kier alpha value is -0.0800. The Kier molecular flexibility index (Phi) is 1.66. The van der Waals surface area contributed by atoms with Crippen LogP contribution in [0.5, 0.6) is 0 Å². The molecule has 2 rings (SSSR count). The Morgan fingerprint density at radius 3 is 3.30 bits per heavy atom. The maximum absolute atomic E-state index is 3.51. The number of piperazine rings is 1. The average Bonchev–Trinajstić information content (AvgIpc) is 2.33. The van der Waals surface area contributed by atoms with E-state index in [9.17, 15) is 0 Å². The Morgan fingerprint density at radius 1 is 1.50 bits per heavy atom. The minimum absolute atomic E-state index is 0.717. The lowest BCUT2D eigenvalue weighted by atomic mass is 10.1. The molecular weight excluding hydrogens is 124 g/mol. The van der Waals surface area contributed by atoms with Crippen LogP contribution in [0.25, 0.3) is 0 Å². The molecule has 0 amide bonds. The number of hydrogen-bond donors (Lipinski definition) is 1. The molecule has 0 aromatic rings. The van der Waals surface area contributed by atoms with Gasteiger partial charge in [0.15, 0.2) is 0 Å². The van der Waals surface area contributed by atoms with Crippen molar-refractivity contribution in [1.29, 1.82) is 0 Å². The second-order valence-corrected chi connectivity index (χ2v) is 3.60. The fourth-order valence-corrected chi connectivity index (χ4v) is 2.12. The normalized spacial score (nSPS) is 41.7. The Labute approximate surface area is 62.6 Å². The maximum atomic E-state index is 3.51. The summed E-state index contributed by atoms with van der Waals surface area (Å²) in [7, 11) is 0. The largest absolute Gasteiger partial charge is 0.311 e. The maximum Gasteiger partial charge on any atom is 0.0221 e. The molecule has 0 radical (unpaired) electrons.